The molecule has 6 rings (SSSR count). The van der Waals surface area contributed by atoms with Crippen molar-refractivity contribution in [3.05, 3.63) is 53.3 Å². The first-order valence-corrected chi connectivity index (χ1v) is 21.8. The summed E-state index contributed by atoms with van der Waals surface area (Å²) in [4.78, 5) is 54.6. The number of allylic oxidation sites excluding steroid dienone is 2. The molecular formula is C47H65N3O13. The monoisotopic (exact) mass is 879 g/mol. The first-order valence-electron chi connectivity index (χ1n) is 21.8. The molecule has 2 aromatic carbocycles. The largest absolute Gasteiger partial charge is 0.507 e. The van der Waals surface area contributed by atoms with Gasteiger partial charge in [-0.2, -0.15) is 0 Å². The number of ether oxygens (including phenoxy) is 5. The molecule has 1 saturated heterocycles. The molecule has 9 unspecified atom stereocenters. The highest BCUT2D eigenvalue weighted by Crippen LogP contribution is 2.54. The zero-order valence-electron chi connectivity index (χ0n) is 38.1. The highest BCUT2D eigenvalue weighted by Gasteiger charge is 2.50. The number of carbonyl (C=O) groups is 4. The smallest absolute Gasteiger partial charge is 0.312 e. The van der Waals surface area contributed by atoms with Crippen molar-refractivity contribution >= 4 is 40.0 Å². The van der Waals surface area contributed by atoms with E-state index in [4.69, 9.17) is 23.7 Å². The fraction of sp³-hybridized carbons (Fsp3) is 0.574. The Morgan fingerprint density at radius 1 is 0.968 bits per heavy atom. The van der Waals surface area contributed by atoms with Gasteiger partial charge < -0.3 is 49.4 Å². The Hall–Kier alpha value is -5.16. The maximum atomic E-state index is 14.6. The summed E-state index contributed by atoms with van der Waals surface area (Å²) in [7, 11) is 1.44. The number of hydrogen-bond acceptors (Lipinski definition) is 14. The highest BCUT2D eigenvalue weighted by atomic mass is 16.7. The zero-order valence-corrected chi connectivity index (χ0v) is 38.1. The number of fused-ring (bicyclic) bond motifs is 14. The number of esters is 1. The van der Waals surface area contributed by atoms with Gasteiger partial charge in [-0.1, -0.05) is 59.3 Å². The Bertz CT molecular complexity index is 2130. The van der Waals surface area contributed by atoms with Gasteiger partial charge in [-0.3, -0.25) is 24.2 Å². The van der Waals surface area contributed by atoms with E-state index in [-0.39, 0.29) is 50.6 Å². The molecule has 0 saturated carbocycles. The number of aliphatic hydroxyl groups is 2. The number of nitrogens with one attached hydrogen (secondary N) is 1. The second kappa shape index (κ2) is 20.6. The number of methoxy groups -OCH3 is 1. The molecule has 4 aliphatic heterocycles. The number of anilines is 1. The summed E-state index contributed by atoms with van der Waals surface area (Å²) in [5.74, 6) is -7.96. The second-order valence-electron chi connectivity index (χ2n) is 17.2. The van der Waals surface area contributed by atoms with Gasteiger partial charge in [-0.15, -0.1) is 0 Å². The first-order chi connectivity index (χ1) is 29.8. The molecule has 9 atom stereocenters. The van der Waals surface area contributed by atoms with Crippen LogP contribution in [0.25, 0.3) is 10.8 Å². The van der Waals surface area contributed by atoms with E-state index >= 15 is 0 Å². The number of piperidine rings is 1. The standard InChI is InChI=1S/C47H65N3O13/c1-11-19-50(49-20-13-12-14-21-49)35(52)24-60-34-23-32-42(56)37-36(34)38-44(30(7)41(37)55)63-47(9,45(38)57)61-22-18-33(59-10)27(4)43(62-31(8)51)29(6)40(54)28(5)39(53)25(2)16-15-17-26(3)46(58)48-32/h15-18,22-23,25,27-29,33,39-40,43,53-56H,11-14,19-21,24H2,1-10H3,(H,48,58)/b16-15+,22-18+,26-17+. The topological polar surface area (TPSA) is 214 Å². The van der Waals surface area contributed by atoms with Crippen molar-refractivity contribution in [1.82, 2.24) is 10.0 Å². The normalized spacial score (nSPS) is 30.4. The van der Waals surface area contributed by atoms with E-state index in [0.29, 0.717) is 26.1 Å². The molecule has 16 heteroatoms. The lowest BCUT2D eigenvalue weighted by atomic mass is 9.78. The van der Waals surface area contributed by atoms with Crippen LogP contribution in [-0.2, 0) is 28.6 Å². The quantitative estimate of drug-likeness (QED) is 0.151. The van der Waals surface area contributed by atoms with Crippen LogP contribution in [0.5, 0.6) is 23.0 Å². The SMILES string of the molecule is CCCN(C(=O)COc1cc2c(O)c3c(O)c(C)c4c(c13)C(=O)C(C)(O/C=C/C(OC)C(C)C(OC(C)=O)C(C)C(O)C(C)C(O)C(C)/C=C/C=C(\C)C(=O)N2)O4)N1CCCCC1. The van der Waals surface area contributed by atoms with Gasteiger partial charge in [0.05, 0.1) is 41.2 Å². The minimum absolute atomic E-state index is 0.0507. The number of phenolic OH excluding ortho intramolecular Hbond substituents is 2. The van der Waals surface area contributed by atoms with E-state index in [1.807, 2.05) is 11.9 Å². The van der Waals surface area contributed by atoms with E-state index in [9.17, 15) is 39.6 Å². The number of carbonyl (C=O) groups excluding carboxylic acids is 4. The lowest BCUT2D eigenvalue weighted by Crippen LogP contribution is -2.50. The van der Waals surface area contributed by atoms with Gasteiger partial charge in [-0.25, -0.2) is 5.01 Å². The van der Waals surface area contributed by atoms with Crippen LogP contribution in [0.3, 0.4) is 0 Å². The molecule has 63 heavy (non-hydrogen) atoms. The molecule has 16 nitrogen and oxygen atoms in total. The van der Waals surface area contributed by atoms with Crippen LogP contribution in [-0.4, -0.2) is 118 Å². The molecule has 0 spiro atoms. The van der Waals surface area contributed by atoms with E-state index in [1.165, 1.54) is 52.4 Å². The first kappa shape index (κ1) is 48.9. The average Bonchev–Trinajstić information content (AvgIpc) is 3.52. The number of hydrogen-bond donors (Lipinski definition) is 5. The molecule has 4 aliphatic rings. The zero-order chi connectivity index (χ0) is 46.5. The van der Waals surface area contributed by atoms with Gasteiger partial charge in [0.1, 0.15) is 23.4 Å². The number of amides is 2. The summed E-state index contributed by atoms with van der Waals surface area (Å²) >= 11 is 0. The Morgan fingerprint density at radius 2 is 1.65 bits per heavy atom. The van der Waals surface area contributed by atoms with Crippen molar-refractivity contribution in [2.45, 2.75) is 118 Å². The lowest BCUT2D eigenvalue weighted by molar-refractivity contribution is -0.160. The van der Waals surface area contributed by atoms with Crippen LogP contribution in [0, 0.1) is 30.6 Å². The Labute approximate surface area is 369 Å². The molecule has 2 aromatic rings. The summed E-state index contributed by atoms with van der Waals surface area (Å²) in [6.07, 6.45) is 7.28. The molecule has 346 valence electrons. The summed E-state index contributed by atoms with van der Waals surface area (Å²) < 4.78 is 30.1. The molecule has 1 fully saturated rings. The molecule has 2 amide bonds. The molecule has 0 aliphatic carbocycles. The number of ketones is 1. The molecule has 4 heterocycles. The van der Waals surface area contributed by atoms with Crippen LogP contribution in [0.1, 0.15) is 97.0 Å². The van der Waals surface area contributed by atoms with Gasteiger partial charge in [0.15, 0.2) is 12.4 Å². The van der Waals surface area contributed by atoms with E-state index in [0.717, 1.165) is 19.3 Å². The number of aliphatic hydroxyl groups excluding tert-OH is 2. The number of phenols is 2. The van der Waals surface area contributed by atoms with Crippen LogP contribution < -0.4 is 14.8 Å². The molecular weight excluding hydrogens is 815 g/mol. The van der Waals surface area contributed by atoms with Gasteiger partial charge in [-0.05, 0) is 39.2 Å². The number of nitrogens with zero attached hydrogens (tertiary/aromatic N) is 2. The third kappa shape index (κ3) is 10.3. The number of rotatable bonds is 8. The van der Waals surface area contributed by atoms with E-state index < -0.39 is 89.6 Å². The number of Topliss-reactive ketones (excluding diaryl/α,β-unsaturated/α-hetero) is 1. The number of benzene rings is 2. The van der Waals surface area contributed by atoms with Crippen LogP contribution in [0.15, 0.2) is 42.2 Å². The maximum Gasteiger partial charge on any atom is 0.312 e. The Kier molecular flexibility index (Phi) is 15.9. The number of aromatic hydroxyl groups is 2. The predicted octanol–water partition coefficient (Wildman–Crippen LogP) is 6.07. The van der Waals surface area contributed by atoms with Crippen LogP contribution in [0.4, 0.5) is 5.69 Å². The Morgan fingerprint density at radius 3 is 2.29 bits per heavy atom. The van der Waals surface area contributed by atoms with Crippen molar-refractivity contribution in [3.8, 4) is 23.0 Å². The van der Waals surface area contributed by atoms with Gasteiger partial charge in [0.2, 0.25) is 0 Å². The minimum Gasteiger partial charge on any atom is -0.507 e. The average molecular weight is 880 g/mol. The van der Waals surface area contributed by atoms with Crippen LogP contribution >= 0.6 is 0 Å². The van der Waals surface area contributed by atoms with Crippen molar-refractivity contribution < 1.29 is 63.3 Å². The molecule has 0 radical (unpaired) electrons. The van der Waals surface area contributed by atoms with Gasteiger partial charge >= 0.3 is 11.8 Å². The fourth-order valence-electron chi connectivity index (χ4n) is 8.72. The van der Waals surface area contributed by atoms with Crippen molar-refractivity contribution in [3.63, 3.8) is 0 Å². The third-order valence-corrected chi connectivity index (χ3v) is 12.6. The van der Waals surface area contributed by atoms with Crippen molar-refractivity contribution in [1.29, 1.82) is 0 Å². The lowest BCUT2D eigenvalue weighted by Gasteiger charge is -2.38. The Balaban J connectivity index is 1.66. The summed E-state index contributed by atoms with van der Waals surface area (Å²) in [5, 5.41) is 52.5. The second-order valence-corrected chi connectivity index (χ2v) is 17.2. The number of hydrazine groups is 1. The maximum absolute atomic E-state index is 14.6. The van der Waals surface area contributed by atoms with Gasteiger partial charge in [0.25, 0.3) is 17.6 Å². The fourth-order valence-corrected chi connectivity index (χ4v) is 8.72. The molecule has 0 aromatic heterocycles. The molecule has 5 bridgehead atoms. The summed E-state index contributed by atoms with van der Waals surface area (Å²) in [6, 6.07) is 1.30. The predicted molar refractivity (Wildman–Crippen MR) is 235 cm³/mol. The third-order valence-electron chi connectivity index (χ3n) is 12.6. The van der Waals surface area contributed by atoms with E-state index in [1.54, 1.807) is 51.8 Å². The van der Waals surface area contributed by atoms with Crippen molar-refractivity contribution in [2.75, 3.05) is 38.7 Å². The highest BCUT2D eigenvalue weighted by molar-refractivity contribution is 6.21. The van der Waals surface area contributed by atoms with E-state index in [2.05, 4.69) is 5.32 Å². The molecule has 5 N–H and O–H groups in total. The van der Waals surface area contributed by atoms with Crippen LogP contribution in [0.2, 0.25) is 0 Å². The summed E-state index contributed by atoms with van der Waals surface area (Å²) in [5.41, 5.74) is 0.0178. The van der Waals surface area contributed by atoms with Gasteiger partial charge in [0, 0.05) is 86.9 Å². The minimum atomic E-state index is -2.03. The van der Waals surface area contributed by atoms with Crippen molar-refractivity contribution in [2.24, 2.45) is 23.7 Å². The summed E-state index contributed by atoms with van der Waals surface area (Å²) in [6.45, 7) is 16.0.